The predicted molar refractivity (Wildman–Crippen MR) is 134 cm³/mol. The number of carbonyl (C=O) groups excluding carboxylic acids is 2. The first-order valence-electron chi connectivity index (χ1n) is 11.6. The molecule has 2 aromatic rings. The third kappa shape index (κ3) is 6.64. The molecule has 1 aliphatic heterocycles. The number of benzene rings is 2. The summed E-state index contributed by atoms with van der Waals surface area (Å²) in [6.07, 6.45) is 0.943. The van der Waals surface area contributed by atoms with Gasteiger partial charge in [0.05, 0.1) is 24.8 Å². The van der Waals surface area contributed by atoms with Crippen LogP contribution in [0, 0.1) is 17.2 Å². The van der Waals surface area contributed by atoms with Crippen molar-refractivity contribution in [2.45, 2.75) is 33.2 Å². The number of ether oxygens (including phenoxy) is 1. The van der Waals surface area contributed by atoms with Crippen molar-refractivity contribution >= 4 is 28.9 Å². The molecule has 1 atom stereocenters. The van der Waals surface area contributed by atoms with E-state index in [-0.39, 0.29) is 24.4 Å². The summed E-state index contributed by atoms with van der Waals surface area (Å²) in [6, 6.07) is 15.3. The van der Waals surface area contributed by atoms with E-state index in [4.69, 9.17) is 4.74 Å². The molecule has 2 aromatic carbocycles. The van der Waals surface area contributed by atoms with Crippen molar-refractivity contribution in [2.24, 2.45) is 5.92 Å². The highest BCUT2D eigenvalue weighted by atomic mass is 16.5. The standard InChI is InChI=1S/C26H33N5O3/c1-18(2)17-34-25-10-7-22(13-20(25)14-27)28-15-26(33)29-21-5-8-23(9-6-21)31-12-11-24(16-31)30(4)19(3)32/h5-10,13,18,24,28H,11-12,15-17H2,1-4H3,(H,29,33). The fourth-order valence-corrected chi connectivity index (χ4v) is 3.80. The van der Waals surface area contributed by atoms with Crippen LogP contribution in [0.2, 0.25) is 0 Å². The maximum atomic E-state index is 12.4. The minimum Gasteiger partial charge on any atom is -0.492 e. The van der Waals surface area contributed by atoms with E-state index in [1.165, 1.54) is 0 Å². The fraction of sp³-hybridized carbons (Fsp3) is 0.423. The lowest BCUT2D eigenvalue weighted by atomic mass is 10.2. The maximum absolute atomic E-state index is 12.4. The van der Waals surface area contributed by atoms with Gasteiger partial charge in [-0.25, -0.2) is 0 Å². The molecule has 34 heavy (non-hydrogen) atoms. The Morgan fingerprint density at radius 1 is 1.21 bits per heavy atom. The van der Waals surface area contributed by atoms with Gasteiger partial charge in [-0.1, -0.05) is 13.8 Å². The highest BCUT2D eigenvalue weighted by molar-refractivity contribution is 5.94. The Morgan fingerprint density at radius 2 is 1.91 bits per heavy atom. The van der Waals surface area contributed by atoms with E-state index < -0.39 is 0 Å². The molecule has 0 aliphatic carbocycles. The highest BCUT2D eigenvalue weighted by Gasteiger charge is 2.27. The minimum absolute atomic E-state index is 0.0734. The number of nitrogens with zero attached hydrogens (tertiary/aromatic N) is 3. The lowest BCUT2D eigenvalue weighted by Crippen LogP contribution is -2.37. The van der Waals surface area contributed by atoms with E-state index >= 15 is 0 Å². The largest absolute Gasteiger partial charge is 0.492 e. The van der Waals surface area contributed by atoms with E-state index in [2.05, 4.69) is 21.6 Å². The van der Waals surface area contributed by atoms with Crippen LogP contribution in [-0.4, -0.2) is 56.0 Å². The number of anilines is 3. The fourth-order valence-electron chi connectivity index (χ4n) is 3.80. The quantitative estimate of drug-likeness (QED) is 0.589. The molecule has 1 saturated heterocycles. The Hall–Kier alpha value is -3.73. The molecule has 8 nitrogen and oxygen atoms in total. The van der Waals surface area contributed by atoms with Crippen LogP contribution in [0.25, 0.3) is 0 Å². The average Bonchev–Trinajstić information content (AvgIpc) is 3.31. The SMILES string of the molecule is CC(=O)N(C)C1CCN(c2ccc(NC(=O)CNc3ccc(OCC(C)C)c(C#N)c3)cc2)C1. The summed E-state index contributed by atoms with van der Waals surface area (Å²) in [5.74, 6) is 0.805. The Balaban J connectivity index is 1.50. The first kappa shape index (κ1) is 24.9. The molecular weight excluding hydrogens is 430 g/mol. The van der Waals surface area contributed by atoms with Gasteiger partial charge in [0.25, 0.3) is 0 Å². The molecule has 0 saturated carbocycles. The lowest BCUT2D eigenvalue weighted by molar-refractivity contribution is -0.129. The van der Waals surface area contributed by atoms with E-state index in [1.54, 1.807) is 30.0 Å². The molecule has 1 fully saturated rings. The molecule has 1 heterocycles. The number of carbonyl (C=O) groups is 2. The third-order valence-corrected chi connectivity index (χ3v) is 5.85. The second-order valence-electron chi connectivity index (χ2n) is 8.99. The summed E-state index contributed by atoms with van der Waals surface area (Å²) < 4.78 is 5.67. The Kier molecular flexibility index (Phi) is 8.36. The Morgan fingerprint density at radius 3 is 2.56 bits per heavy atom. The Labute approximate surface area is 201 Å². The molecule has 1 unspecified atom stereocenters. The number of rotatable bonds is 9. The van der Waals surface area contributed by atoms with Crippen molar-refractivity contribution in [3.63, 3.8) is 0 Å². The number of nitrogens with one attached hydrogen (secondary N) is 2. The third-order valence-electron chi connectivity index (χ3n) is 5.85. The number of amides is 2. The van der Waals surface area contributed by atoms with Gasteiger partial charge in [-0.15, -0.1) is 0 Å². The maximum Gasteiger partial charge on any atom is 0.243 e. The van der Waals surface area contributed by atoms with E-state index in [0.29, 0.717) is 35.2 Å². The van der Waals surface area contributed by atoms with E-state index in [9.17, 15) is 14.9 Å². The molecule has 2 amide bonds. The molecule has 0 spiro atoms. The lowest BCUT2D eigenvalue weighted by Gasteiger charge is -2.24. The monoisotopic (exact) mass is 463 g/mol. The van der Waals surface area contributed by atoms with Gasteiger partial charge in [0.2, 0.25) is 11.8 Å². The van der Waals surface area contributed by atoms with Crippen LogP contribution >= 0.6 is 0 Å². The molecule has 8 heteroatoms. The zero-order valence-electron chi connectivity index (χ0n) is 20.3. The van der Waals surface area contributed by atoms with Crippen molar-refractivity contribution in [2.75, 3.05) is 48.8 Å². The summed E-state index contributed by atoms with van der Waals surface area (Å²) in [5, 5.41) is 15.3. The number of nitriles is 1. The normalized spacial score (nSPS) is 15.1. The van der Waals surface area contributed by atoms with Crippen molar-refractivity contribution in [3.05, 3.63) is 48.0 Å². The minimum atomic E-state index is -0.185. The van der Waals surface area contributed by atoms with Gasteiger partial charge in [0.15, 0.2) is 0 Å². The van der Waals surface area contributed by atoms with Crippen molar-refractivity contribution in [1.29, 1.82) is 5.26 Å². The van der Waals surface area contributed by atoms with E-state index in [1.807, 2.05) is 45.2 Å². The summed E-state index contributed by atoms with van der Waals surface area (Å²) >= 11 is 0. The number of hydrogen-bond acceptors (Lipinski definition) is 6. The molecule has 180 valence electrons. The molecule has 3 rings (SSSR count). The molecular formula is C26H33N5O3. The molecule has 2 N–H and O–H groups in total. The van der Waals surface area contributed by atoms with Crippen LogP contribution in [0.15, 0.2) is 42.5 Å². The summed E-state index contributed by atoms with van der Waals surface area (Å²) in [7, 11) is 1.85. The second kappa shape index (κ2) is 11.4. The molecule has 0 radical (unpaired) electrons. The zero-order chi connectivity index (χ0) is 24.7. The highest BCUT2D eigenvalue weighted by Crippen LogP contribution is 2.25. The van der Waals surface area contributed by atoms with Gasteiger partial charge in [0, 0.05) is 44.1 Å². The predicted octanol–water partition coefficient (Wildman–Crippen LogP) is 3.70. The molecule has 0 aromatic heterocycles. The Bertz CT molecular complexity index is 1050. The second-order valence-corrected chi connectivity index (χ2v) is 8.99. The van der Waals surface area contributed by atoms with Crippen LogP contribution < -0.4 is 20.3 Å². The molecule has 1 aliphatic rings. The summed E-state index contributed by atoms with van der Waals surface area (Å²) in [5.41, 5.74) is 2.89. The van der Waals surface area contributed by atoms with Crippen molar-refractivity contribution in [1.82, 2.24) is 4.90 Å². The first-order valence-corrected chi connectivity index (χ1v) is 11.6. The van der Waals surface area contributed by atoms with Gasteiger partial charge >= 0.3 is 0 Å². The van der Waals surface area contributed by atoms with Crippen LogP contribution in [-0.2, 0) is 9.59 Å². The number of likely N-dealkylation sites (N-methyl/N-ethyl adjacent to an activating group) is 1. The van der Waals surface area contributed by atoms with Crippen LogP contribution in [0.1, 0.15) is 32.8 Å². The van der Waals surface area contributed by atoms with E-state index in [0.717, 1.165) is 25.2 Å². The van der Waals surface area contributed by atoms with Crippen molar-refractivity contribution < 1.29 is 14.3 Å². The van der Waals surface area contributed by atoms with Crippen LogP contribution in [0.5, 0.6) is 5.75 Å². The summed E-state index contributed by atoms with van der Waals surface area (Å²) in [6.45, 7) is 7.99. The zero-order valence-corrected chi connectivity index (χ0v) is 20.3. The van der Waals surface area contributed by atoms with Gasteiger partial charge < -0.3 is 25.2 Å². The van der Waals surface area contributed by atoms with Crippen LogP contribution in [0.3, 0.4) is 0 Å². The topological polar surface area (TPSA) is 97.7 Å². The average molecular weight is 464 g/mol. The van der Waals surface area contributed by atoms with Gasteiger partial charge in [-0.3, -0.25) is 9.59 Å². The number of hydrogen-bond donors (Lipinski definition) is 2. The summed E-state index contributed by atoms with van der Waals surface area (Å²) in [4.78, 5) is 28.0. The first-order chi connectivity index (χ1) is 16.3. The van der Waals surface area contributed by atoms with Crippen LogP contribution in [0.4, 0.5) is 17.1 Å². The van der Waals surface area contributed by atoms with Gasteiger partial charge in [0.1, 0.15) is 11.8 Å². The van der Waals surface area contributed by atoms with Gasteiger partial charge in [-0.2, -0.15) is 5.26 Å². The molecule has 0 bridgehead atoms. The van der Waals surface area contributed by atoms with Crippen molar-refractivity contribution in [3.8, 4) is 11.8 Å². The smallest absolute Gasteiger partial charge is 0.243 e. The van der Waals surface area contributed by atoms with Gasteiger partial charge in [-0.05, 0) is 54.8 Å².